The maximum absolute atomic E-state index is 11.8. The average Bonchev–Trinajstić information content (AvgIpc) is 2.93. The Morgan fingerprint density at radius 1 is 1.48 bits per heavy atom. The minimum absolute atomic E-state index is 0.00953. The van der Waals surface area contributed by atoms with Gasteiger partial charge in [-0.05, 0) is 12.0 Å². The first kappa shape index (κ1) is 17.1. The number of ether oxygens (including phenoxy) is 2. The third-order valence-corrected chi connectivity index (χ3v) is 3.73. The number of nitro benzene ring substituents is 1. The van der Waals surface area contributed by atoms with E-state index in [1.54, 1.807) is 6.07 Å². The summed E-state index contributed by atoms with van der Waals surface area (Å²) < 4.78 is 10.7. The number of nitro groups is 1. The van der Waals surface area contributed by atoms with Crippen molar-refractivity contribution in [1.82, 2.24) is 0 Å². The predicted octanol–water partition coefficient (Wildman–Crippen LogP) is 2.77. The van der Waals surface area contributed by atoms with Crippen LogP contribution in [0, 0.1) is 16.0 Å². The summed E-state index contributed by atoms with van der Waals surface area (Å²) in [6, 6.07) is 4.54. The molecule has 7 heteroatoms. The molecule has 0 amide bonds. The standard InChI is InChI=1S/C16H22N2O5/c1-11(2)8-16(19)23-13-6-7-17(10-13)14-5-4-12(18(20)21)9-15(14)22-3/h4-5,9,11,13H,6-8,10H2,1-3H3. The molecule has 126 valence electrons. The highest BCUT2D eigenvalue weighted by molar-refractivity contribution is 5.70. The number of rotatable bonds is 6. The van der Waals surface area contributed by atoms with Crippen LogP contribution in [0.25, 0.3) is 0 Å². The van der Waals surface area contributed by atoms with Gasteiger partial charge in [-0.15, -0.1) is 0 Å². The molecule has 7 nitrogen and oxygen atoms in total. The third-order valence-electron chi connectivity index (χ3n) is 3.73. The number of benzene rings is 1. The number of esters is 1. The van der Waals surface area contributed by atoms with Crippen LogP contribution in [0.4, 0.5) is 11.4 Å². The first-order valence-electron chi connectivity index (χ1n) is 7.67. The Balaban J connectivity index is 2.04. The van der Waals surface area contributed by atoms with E-state index in [4.69, 9.17) is 9.47 Å². The summed E-state index contributed by atoms with van der Waals surface area (Å²) in [6.07, 6.45) is 1.00. The Labute approximate surface area is 135 Å². The molecule has 1 aromatic carbocycles. The number of methoxy groups -OCH3 is 1. The summed E-state index contributed by atoms with van der Waals surface area (Å²) in [4.78, 5) is 24.2. The molecule has 1 aromatic rings. The summed E-state index contributed by atoms with van der Waals surface area (Å²) >= 11 is 0. The van der Waals surface area contributed by atoms with Crippen molar-refractivity contribution in [2.45, 2.75) is 32.8 Å². The van der Waals surface area contributed by atoms with Crippen LogP contribution in [0.5, 0.6) is 5.75 Å². The minimum atomic E-state index is -0.452. The van der Waals surface area contributed by atoms with Gasteiger partial charge in [0.25, 0.3) is 5.69 Å². The predicted molar refractivity (Wildman–Crippen MR) is 85.8 cm³/mol. The van der Waals surface area contributed by atoms with Crippen molar-refractivity contribution in [2.75, 3.05) is 25.1 Å². The zero-order chi connectivity index (χ0) is 17.0. The Morgan fingerprint density at radius 3 is 2.83 bits per heavy atom. The van der Waals surface area contributed by atoms with E-state index in [-0.39, 0.29) is 23.7 Å². The molecule has 0 aliphatic carbocycles. The van der Waals surface area contributed by atoms with E-state index >= 15 is 0 Å². The van der Waals surface area contributed by atoms with Crippen LogP contribution >= 0.6 is 0 Å². The molecule has 2 rings (SSSR count). The number of anilines is 1. The van der Waals surface area contributed by atoms with Crippen LogP contribution in [-0.4, -0.2) is 37.2 Å². The van der Waals surface area contributed by atoms with Crippen molar-refractivity contribution >= 4 is 17.3 Å². The van der Waals surface area contributed by atoms with Crippen LogP contribution in [0.2, 0.25) is 0 Å². The van der Waals surface area contributed by atoms with Crippen LogP contribution in [0.15, 0.2) is 18.2 Å². The zero-order valence-corrected chi connectivity index (χ0v) is 13.7. The molecule has 0 saturated carbocycles. The van der Waals surface area contributed by atoms with Crippen LogP contribution in [0.3, 0.4) is 0 Å². The SMILES string of the molecule is COc1cc([N+](=O)[O-])ccc1N1CCC(OC(=O)CC(C)C)C1. The van der Waals surface area contributed by atoms with Gasteiger partial charge in [-0.1, -0.05) is 13.8 Å². The van der Waals surface area contributed by atoms with E-state index in [2.05, 4.69) is 0 Å². The Morgan fingerprint density at radius 2 is 2.22 bits per heavy atom. The Bertz CT molecular complexity index is 588. The fourth-order valence-corrected chi connectivity index (χ4v) is 2.65. The molecule has 0 N–H and O–H groups in total. The van der Waals surface area contributed by atoms with E-state index in [1.807, 2.05) is 18.7 Å². The summed E-state index contributed by atoms with van der Waals surface area (Å²) in [6.45, 7) is 5.24. The second-order valence-corrected chi connectivity index (χ2v) is 6.06. The first-order chi connectivity index (χ1) is 10.9. The van der Waals surface area contributed by atoms with Gasteiger partial charge in [-0.3, -0.25) is 14.9 Å². The molecule has 0 aromatic heterocycles. The molecule has 0 spiro atoms. The first-order valence-corrected chi connectivity index (χ1v) is 7.67. The molecule has 1 fully saturated rings. The Kier molecular flexibility index (Phi) is 5.41. The zero-order valence-electron chi connectivity index (χ0n) is 13.7. The van der Waals surface area contributed by atoms with Gasteiger partial charge in [-0.2, -0.15) is 0 Å². The van der Waals surface area contributed by atoms with Crippen molar-refractivity contribution in [1.29, 1.82) is 0 Å². The lowest BCUT2D eigenvalue weighted by molar-refractivity contribution is -0.384. The number of hydrogen-bond acceptors (Lipinski definition) is 6. The molecule has 0 bridgehead atoms. The van der Waals surface area contributed by atoms with Crippen molar-refractivity contribution in [2.24, 2.45) is 5.92 Å². The van der Waals surface area contributed by atoms with E-state index in [1.165, 1.54) is 19.2 Å². The number of carbonyl (C=O) groups excluding carboxylic acids is 1. The summed E-state index contributed by atoms with van der Waals surface area (Å²) in [5, 5.41) is 10.8. The van der Waals surface area contributed by atoms with Gasteiger partial charge >= 0.3 is 5.97 Å². The maximum Gasteiger partial charge on any atom is 0.306 e. The van der Waals surface area contributed by atoms with Crippen LogP contribution < -0.4 is 9.64 Å². The highest BCUT2D eigenvalue weighted by Gasteiger charge is 2.28. The van der Waals surface area contributed by atoms with Crippen molar-refractivity contribution in [3.8, 4) is 5.75 Å². The second kappa shape index (κ2) is 7.30. The van der Waals surface area contributed by atoms with Gasteiger partial charge in [0.2, 0.25) is 0 Å². The maximum atomic E-state index is 11.8. The van der Waals surface area contributed by atoms with Gasteiger partial charge < -0.3 is 14.4 Å². The largest absolute Gasteiger partial charge is 0.494 e. The molecular formula is C16H22N2O5. The topological polar surface area (TPSA) is 81.9 Å². The van der Waals surface area contributed by atoms with Crippen molar-refractivity contribution in [3.63, 3.8) is 0 Å². The number of non-ortho nitro benzene ring substituents is 1. The molecule has 23 heavy (non-hydrogen) atoms. The number of hydrogen-bond donors (Lipinski definition) is 0. The molecule has 1 atom stereocenters. The molecule has 1 unspecified atom stereocenters. The summed E-state index contributed by atoms with van der Waals surface area (Å²) in [5.74, 6) is 0.547. The van der Waals surface area contributed by atoms with E-state index < -0.39 is 4.92 Å². The molecule has 1 aliphatic rings. The van der Waals surface area contributed by atoms with E-state index in [0.717, 1.165) is 12.1 Å². The van der Waals surface area contributed by atoms with Gasteiger partial charge in [0.15, 0.2) is 0 Å². The summed E-state index contributed by atoms with van der Waals surface area (Å²) in [7, 11) is 1.48. The normalized spacial score (nSPS) is 17.4. The molecule has 1 heterocycles. The smallest absolute Gasteiger partial charge is 0.306 e. The summed E-state index contributed by atoms with van der Waals surface area (Å²) in [5.41, 5.74) is 0.769. The van der Waals surface area contributed by atoms with Gasteiger partial charge in [0.05, 0.1) is 30.3 Å². The van der Waals surface area contributed by atoms with Crippen molar-refractivity contribution in [3.05, 3.63) is 28.3 Å². The lowest BCUT2D eigenvalue weighted by Gasteiger charge is -2.21. The Hall–Kier alpha value is -2.31. The molecule has 1 saturated heterocycles. The fraction of sp³-hybridized carbons (Fsp3) is 0.562. The van der Waals surface area contributed by atoms with Gasteiger partial charge in [0.1, 0.15) is 11.9 Å². The highest BCUT2D eigenvalue weighted by atomic mass is 16.6. The van der Waals surface area contributed by atoms with Crippen LogP contribution in [-0.2, 0) is 9.53 Å². The highest BCUT2D eigenvalue weighted by Crippen LogP contribution is 2.34. The van der Waals surface area contributed by atoms with Gasteiger partial charge in [-0.25, -0.2) is 0 Å². The quantitative estimate of drug-likeness (QED) is 0.455. The van der Waals surface area contributed by atoms with Gasteiger partial charge in [0, 0.05) is 25.5 Å². The second-order valence-electron chi connectivity index (χ2n) is 6.06. The van der Waals surface area contributed by atoms with E-state index in [0.29, 0.717) is 25.3 Å². The molecular weight excluding hydrogens is 300 g/mol. The molecule has 1 aliphatic heterocycles. The average molecular weight is 322 g/mol. The third kappa shape index (κ3) is 4.34. The lowest BCUT2D eigenvalue weighted by atomic mass is 10.1. The fourth-order valence-electron chi connectivity index (χ4n) is 2.65. The monoisotopic (exact) mass is 322 g/mol. The molecule has 0 radical (unpaired) electrons. The van der Waals surface area contributed by atoms with E-state index in [9.17, 15) is 14.9 Å². The lowest BCUT2D eigenvalue weighted by Crippen LogP contribution is -2.25. The van der Waals surface area contributed by atoms with Crippen molar-refractivity contribution < 1.29 is 19.2 Å². The number of carbonyl (C=O) groups is 1. The minimum Gasteiger partial charge on any atom is -0.494 e. The number of nitrogens with zero attached hydrogens (tertiary/aromatic N) is 2. The van der Waals surface area contributed by atoms with Crippen LogP contribution in [0.1, 0.15) is 26.7 Å².